The second-order valence-electron chi connectivity index (χ2n) is 11.4. The van der Waals surface area contributed by atoms with Gasteiger partial charge in [-0.2, -0.15) is 0 Å². The third kappa shape index (κ3) is 10.4. The van der Waals surface area contributed by atoms with Crippen LogP contribution in [0, 0.1) is 0 Å². The number of likely N-dealkylation sites (tertiary alicyclic amines) is 1. The molecule has 0 aliphatic carbocycles. The van der Waals surface area contributed by atoms with Gasteiger partial charge in [0.1, 0.15) is 23.4 Å². The van der Waals surface area contributed by atoms with Crippen molar-refractivity contribution in [3.63, 3.8) is 0 Å². The van der Waals surface area contributed by atoms with Crippen LogP contribution in [0.5, 0.6) is 5.75 Å². The SMILES string of the molecule is CC(C)(C)OC(=O)[C@@H]1CCCN1C(=O)C(O)[C@H](Cc1ccccc1)NC(=O)[C@H](CC(N)=O)NC(=O)COc1ccccc1. The van der Waals surface area contributed by atoms with Crippen LogP contribution in [0.2, 0.25) is 0 Å². The van der Waals surface area contributed by atoms with Crippen molar-refractivity contribution in [1.82, 2.24) is 15.5 Å². The van der Waals surface area contributed by atoms with E-state index in [0.29, 0.717) is 24.2 Å². The van der Waals surface area contributed by atoms with Crippen molar-refractivity contribution < 1.29 is 38.6 Å². The maximum atomic E-state index is 13.5. The van der Waals surface area contributed by atoms with Gasteiger partial charge in [0.15, 0.2) is 12.7 Å². The van der Waals surface area contributed by atoms with Gasteiger partial charge in [0.2, 0.25) is 11.8 Å². The van der Waals surface area contributed by atoms with Crippen molar-refractivity contribution >= 4 is 29.6 Å². The number of primary amides is 1. The number of carbonyl (C=O) groups excluding carboxylic acids is 5. The topological polar surface area (TPSA) is 177 Å². The Kier molecular flexibility index (Phi) is 11.6. The first-order valence-corrected chi connectivity index (χ1v) is 14.2. The summed E-state index contributed by atoms with van der Waals surface area (Å²) in [6.45, 7) is 4.97. The van der Waals surface area contributed by atoms with Crippen LogP contribution in [-0.2, 0) is 35.1 Å². The zero-order chi connectivity index (χ0) is 31.6. The molecule has 1 saturated heterocycles. The normalized spacial score (nSPS) is 16.8. The quantitative estimate of drug-likeness (QED) is 0.246. The van der Waals surface area contributed by atoms with Crippen LogP contribution in [0.1, 0.15) is 45.6 Å². The summed E-state index contributed by atoms with van der Waals surface area (Å²) in [4.78, 5) is 65.4. The lowest BCUT2D eigenvalue weighted by atomic mass is 9.99. The predicted octanol–water partition coefficient (Wildman–Crippen LogP) is 0.847. The number of nitrogens with two attached hydrogens (primary N) is 1. The van der Waals surface area contributed by atoms with Gasteiger partial charge in [-0.05, 0) is 57.7 Å². The standard InChI is InChI=1S/C31H40N4O8/c1-31(2,3)43-30(41)24-15-10-16-35(24)29(40)27(38)22(17-20-11-6-4-7-12-20)34-28(39)23(18-25(32)36)33-26(37)19-42-21-13-8-5-9-14-21/h4-9,11-14,22-24,27,38H,10,15-19H2,1-3H3,(H2,32,36)(H,33,37)(H,34,39)/t22-,23-,24-,27?/m0/s1. The number of aliphatic hydroxyl groups is 1. The average Bonchev–Trinajstić information content (AvgIpc) is 3.45. The number of aliphatic hydroxyl groups excluding tert-OH is 1. The number of para-hydroxylation sites is 1. The molecular weight excluding hydrogens is 556 g/mol. The summed E-state index contributed by atoms with van der Waals surface area (Å²) in [7, 11) is 0. The van der Waals surface area contributed by atoms with Gasteiger partial charge >= 0.3 is 5.97 Å². The third-order valence-electron chi connectivity index (χ3n) is 6.65. The molecule has 2 aromatic carbocycles. The first-order chi connectivity index (χ1) is 20.3. The summed E-state index contributed by atoms with van der Waals surface area (Å²) in [6, 6.07) is 14.0. The maximum Gasteiger partial charge on any atom is 0.329 e. The first kappa shape index (κ1) is 33.1. The zero-order valence-electron chi connectivity index (χ0n) is 24.7. The van der Waals surface area contributed by atoms with Gasteiger partial charge in [0.25, 0.3) is 11.8 Å². The van der Waals surface area contributed by atoms with Crippen molar-refractivity contribution in [2.45, 2.75) is 76.3 Å². The van der Waals surface area contributed by atoms with Crippen LogP contribution < -0.4 is 21.1 Å². The van der Waals surface area contributed by atoms with Crippen molar-refractivity contribution in [3.8, 4) is 5.75 Å². The number of esters is 1. The maximum absolute atomic E-state index is 13.5. The minimum Gasteiger partial charge on any atom is -0.484 e. The van der Waals surface area contributed by atoms with Gasteiger partial charge in [-0.1, -0.05) is 48.5 Å². The van der Waals surface area contributed by atoms with Gasteiger partial charge in [-0.3, -0.25) is 19.2 Å². The lowest BCUT2D eigenvalue weighted by Crippen LogP contribution is -2.58. The summed E-state index contributed by atoms with van der Waals surface area (Å²) >= 11 is 0. The molecule has 12 heteroatoms. The Bertz CT molecular complexity index is 1270. The molecule has 1 aliphatic heterocycles. The van der Waals surface area contributed by atoms with Crippen LogP contribution in [0.4, 0.5) is 0 Å². The van der Waals surface area contributed by atoms with Crippen molar-refractivity contribution in [3.05, 3.63) is 66.2 Å². The molecule has 1 aliphatic rings. The molecule has 0 bridgehead atoms. The Hall–Kier alpha value is -4.45. The molecule has 43 heavy (non-hydrogen) atoms. The number of nitrogens with one attached hydrogen (secondary N) is 2. The van der Waals surface area contributed by atoms with Crippen molar-refractivity contribution in [2.75, 3.05) is 13.2 Å². The minimum atomic E-state index is -1.75. The van der Waals surface area contributed by atoms with Gasteiger partial charge in [-0.15, -0.1) is 0 Å². The molecule has 2 aromatic rings. The van der Waals surface area contributed by atoms with Gasteiger partial charge in [0.05, 0.1) is 12.5 Å². The number of hydrogen-bond acceptors (Lipinski definition) is 8. The Balaban J connectivity index is 1.76. The van der Waals surface area contributed by atoms with Crippen molar-refractivity contribution in [1.29, 1.82) is 0 Å². The molecular formula is C31H40N4O8. The number of nitrogens with zero attached hydrogens (tertiary/aromatic N) is 1. The van der Waals surface area contributed by atoms with E-state index in [1.807, 2.05) is 0 Å². The summed E-state index contributed by atoms with van der Waals surface area (Å²) in [6.07, 6.45) is -1.33. The lowest BCUT2D eigenvalue weighted by molar-refractivity contribution is -0.165. The van der Waals surface area contributed by atoms with E-state index in [1.54, 1.807) is 81.4 Å². The molecule has 0 radical (unpaired) electrons. The summed E-state index contributed by atoms with van der Waals surface area (Å²) in [5.74, 6) is -3.25. The van der Waals surface area contributed by atoms with Crippen LogP contribution in [0.15, 0.2) is 60.7 Å². The first-order valence-electron chi connectivity index (χ1n) is 14.2. The Morgan fingerprint density at radius 2 is 1.63 bits per heavy atom. The van der Waals surface area contributed by atoms with Crippen LogP contribution in [0.3, 0.4) is 0 Å². The summed E-state index contributed by atoms with van der Waals surface area (Å²) in [5.41, 5.74) is 5.29. The summed E-state index contributed by atoms with van der Waals surface area (Å²) < 4.78 is 10.9. The Labute approximate surface area is 250 Å². The van der Waals surface area contributed by atoms with E-state index in [0.717, 1.165) is 0 Å². The lowest BCUT2D eigenvalue weighted by Gasteiger charge is -2.32. The third-order valence-corrected chi connectivity index (χ3v) is 6.65. The number of carbonyl (C=O) groups is 5. The fraction of sp³-hybridized carbons (Fsp3) is 0.452. The smallest absolute Gasteiger partial charge is 0.329 e. The molecule has 1 heterocycles. The van der Waals surface area contributed by atoms with Crippen LogP contribution in [-0.4, -0.2) is 82.6 Å². The van der Waals surface area contributed by atoms with E-state index < -0.39 is 72.5 Å². The fourth-order valence-corrected chi connectivity index (χ4v) is 4.69. The molecule has 232 valence electrons. The predicted molar refractivity (Wildman–Crippen MR) is 156 cm³/mol. The number of ether oxygens (including phenoxy) is 2. The highest BCUT2D eigenvalue weighted by Crippen LogP contribution is 2.23. The molecule has 3 rings (SSSR count). The van der Waals surface area contributed by atoms with E-state index in [4.69, 9.17) is 15.2 Å². The molecule has 4 amide bonds. The molecule has 0 aromatic heterocycles. The highest BCUT2D eigenvalue weighted by molar-refractivity contribution is 5.93. The largest absolute Gasteiger partial charge is 0.484 e. The Morgan fingerprint density at radius 1 is 1.00 bits per heavy atom. The van der Waals surface area contributed by atoms with E-state index in [2.05, 4.69) is 10.6 Å². The Morgan fingerprint density at radius 3 is 2.23 bits per heavy atom. The summed E-state index contributed by atoms with van der Waals surface area (Å²) in [5, 5.41) is 16.3. The molecule has 0 saturated carbocycles. The van der Waals surface area contributed by atoms with Crippen LogP contribution in [0.25, 0.3) is 0 Å². The fourth-order valence-electron chi connectivity index (χ4n) is 4.69. The van der Waals surface area contributed by atoms with E-state index in [1.165, 1.54) is 4.90 Å². The van der Waals surface area contributed by atoms with Crippen LogP contribution >= 0.6 is 0 Å². The van der Waals surface area contributed by atoms with E-state index >= 15 is 0 Å². The molecule has 1 unspecified atom stereocenters. The molecule has 0 spiro atoms. The number of benzene rings is 2. The highest BCUT2D eigenvalue weighted by atomic mass is 16.6. The monoisotopic (exact) mass is 596 g/mol. The number of hydrogen-bond donors (Lipinski definition) is 4. The number of rotatable bonds is 13. The van der Waals surface area contributed by atoms with E-state index in [9.17, 15) is 29.1 Å². The minimum absolute atomic E-state index is 0.0405. The zero-order valence-corrected chi connectivity index (χ0v) is 24.7. The van der Waals surface area contributed by atoms with Gasteiger partial charge < -0.3 is 35.8 Å². The van der Waals surface area contributed by atoms with Gasteiger partial charge in [0, 0.05) is 6.54 Å². The molecule has 5 N–H and O–H groups in total. The molecule has 1 fully saturated rings. The van der Waals surface area contributed by atoms with E-state index in [-0.39, 0.29) is 13.0 Å². The second-order valence-corrected chi connectivity index (χ2v) is 11.4. The van der Waals surface area contributed by atoms with Crippen molar-refractivity contribution in [2.24, 2.45) is 5.73 Å². The highest BCUT2D eigenvalue weighted by Gasteiger charge is 2.41. The number of amides is 4. The molecule has 12 nitrogen and oxygen atoms in total. The second kappa shape index (κ2) is 15.1. The average molecular weight is 597 g/mol. The van der Waals surface area contributed by atoms with Gasteiger partial charge in [-0.25, -0.2) is 4.79 Å². The molecule has 4 atom stereocenters.